The molecule has 21 heavy (non-hydrogen) atoms. The number of carboxylic acid groups (broad SMARTS) is 1. The summed E-state index contributed by atoms with van der Waals surface area (Å²) in [5.41, 5.74) is 2.89. The molecular formula is C16H18N2O3. The number of aliphatic carboxylic acids is 1. The van der Waals surface area contributed by atoms with Gasteiger partial charge in [0.25, 0.3) is 0 Å². The quantitative estimate of drug-likeness (QED) is 0.814. The molecule has 0 amide bonds. The second-order valence-electron chi connectivity index (χ2n) is 4.65. The molecule has 1 aromatic heterocycles. The minimum absolute atomic E-state index is 0.0436. The highest BCUT2D eigenvalue weighted by molar-refractivity contribution is 5.70. The molecule has 0 bridgehead atoms. The van der Waals surface area contributed by atoms with Crippen LogP contribution < -0.4 is 10.1 Å². The van der Waals surface area contributed by atoms with Gasteiger partial charge in [-0.2, -0.15) is 0 Å². The maximum Gasteiger partial charge on any atom is 0.307 e. The van der Waals surface area contributed by atoms with Crippen LogP contribution in [0, 0.1) is 0 Å². The number of methoxy groups -OCH3 is 1. The van der Waals surface area contributed by atoms with Crippen LogP contribution in [0.1, 0.15) is 16.7 Å². The first-order valence-corrected chi connectivity index (χ1v) is 6.67. The van der Waals surface area contributed by atoms with Crippen molar-refractivity contribution in [3.63, 3.8) is 0 Å². The van der Waals surface area contributed by atoms with Crippen LogP contribution in [0.2, 0.25) is 0 Å². The molecule has 0 saturated heterocycles. The molecule has 0 atom stereocenters. The molecule has 2 rings (SSSR count). The van der Waals surface area contributed by atoms with Crippen molar-refractivity contribution in [3.05, 3.63) is 59.3 Å². The molecule has 2 N–H and O–H groups in total. The van der Waals surface area contributed by atoms with Crippen LogP contribution in [-0.4, -0.2) is 23.2 Å². The van der Waals surface area contributed by atoms with Crippen LogP contribution in [0.4, 0.5) is 0 Å². The van der Waals surface area contributed by atoms with Gasteiger partial charge in [-0.3, -0.25) is 4.79 Å². The van der Waals surface area contributed by atoms with Crippen molar-refractivity contribution in [2.24, 2.45) is 0 Å². The molecule has 5 nitrogen and oxygen atoms in total. The third-order valence-corrected chi connectivity index (χ3v) is 3.11. The van der Waals surface area contributed by atoms with Gasteiger partial charge < -0.3 is 15.2 Å². The Hall–Kier alpha value is -2.40. The van der Waals surface area contributed by atoms with Gasteiger partial charge in [0.2, 0.25) is 5.88 Å². The van der Waals surface area contributed by atoms with Gasteiger partial charge in [-0.25, -0.2) is 4.98 Å². The molecular weight excluding hydrogens is 268 g/mol. The first-order chi connectivity index (χ1) is 10.2. The summed E-state index contributed by atoms with van der Waals surface area (Å²) in [6.45, 7) is 1.29. The number of benzene rings is 1. The minimum atomic E-state index is -0.818. The molecule has 0 spiro atoms. The van der Waals surface area contributed by atoms with Crippen molar-refractivity contribution in [2.45, 2.75) is 19.5 Å². The zero-order chi connectivity index (χ0) is 15.1. The molecule has 0 fully saturated rings. The standard InChI is InChI=1S/C16H18N2O3/c1-21-15-7-6-12(10-18-15)9-17-11-14-5-3-2-4-13(14)8-16(19)20/h2-7,10,17H,8-9,11H2,1H3,(H,19,20). The van der Waals surface area contributed by atoms with E-state index in [1.807, 2.05) is 36.4 Å². The van der Waals surface area contributed by atoms with E-state index < -0.39 is 5.97 Å². The first kappa shape index (κ1) is 15.0. The van der Waals surface area contributed by atoms with Gasteiger partial charge in [0, 0.05) is 25.4 Å². The number of nitrogens with one attached hydrogen (secondary N) is 1. The summed E-state index contributed by atoms with van der Waals surface area (Å²) in [5, 5.41) is 12.2. The lowest BCUT2D eigenvalue weighted by atomic mass is 10.0. The lowest BCUT2D eigenvalue weighted by Crippen LogP contribution is -2.15. The van der Waals surface area contributed by atoms with Gasteiger partial charge >= 0.3 is 5.97 Å². The molecule has 0 radical (unpaired) electrons. The van der Waals surface area contributed by atoms with E-state index >= 15 is 0 Å². The predicted octanol–water partition coefficient (Wildman–Crippen LogP) is 2.01. The van der Waals surface area contributed by atoms with Gasteiger partial charge in [0.15, 0.2) is 0 Å². The Morgan fingerprint density at radius 1 is 1.19 bits per heavy atom. The van der Waals surface area contributed by atoms with E-state index in [1.165, 1.54) is 0 Å². The smallest absolute Gasteiger partial charge is 0.307 e. The maximum absolute atomic E-state index is 10.8. The van der Waals surface area contributed by atoms with Gasteiger partial charge in [0.05, 0.1) is 13.5 Å². The van der Waals surface area contributed by atoms with Crippen LogP contribution in [0.15, 0.2) is 42.6 Å². The summed E-state index contributed by atoms with van der Waals surface area (Å²) < 4.78 is 5.01. The molecule has 0 unspecified atom stereocenters. The molecule has 0 aliphatic heterocycles. The number of hydrogen-bond acceptors (Lipinski definition) is 4. The van der Waals surface area contributed by atoms with Gasteiger partial charge in [-0.15, -0.1) is 0 Å². The molecule has 5 heteroatoms. The number of aromatic nitrogens is 1. The second-order valence-corrected chi connectivity index (χ2v) is 4.65. The van der Waals surface area contributed by atoms with Crippen molar-refractivity contribution in [3.8, 4) is 5.88 Å². The average molecular weight is 286 g/mol. The fraction of sp³-hybridized carbons (Fsp3) is 0.250. The lowest BCUT2D eigenvalue weighted by Gasteiger charge is -2.09. The zero-order valence-corrected chi connectivity index (χ0v) is 11.9. The summed E-state index contributed by atoms with van der Waals surface area (Å²) in [6.07, 6.45) is 1.80. The van der Waals surface area contributed by atoms with Crippen LogP contribution in [-0.2, 0) is 24.3 Å². The fourth-order valence-corrected chi connectivity index (χ4v) is 2.04. The number of ether oxygens (including phenoxy) is 1. The van der Waals surface area contributed by atoms with Crippen molar-refractivity contribution in [1.82, 2.24) is 10.3 Å². The Bertz CT molecular complexity index is 597. The Labute approximate surface area is 123 Å². The van der Waals surface area contributed by atoms with E-state index in [2.05, 4.69) is 10.3 Å². The number of pyridine rings is 1. The van der Waals surface area contributed by atoms with Crippen molar-refractivity contribution in [1.29, 1.82) is 0 Å². The minimum Gasteiger partial charge on any atom is -0.481 e. The summed E-state index contributed by atoms with van der Waals surface area (Å²) in [6, 6.07) is 11.3. The van der Waals surface area contributed by atoms with Crippen LogP contribution in [0.3, 0.4) is 0 Å². The highest BCUT2D eigenvalue weighted by Gasteiger charge is 2.05. The molecule has 1 heterocycles. The monoisotopic (exact) mass is 286 g/mol. The molecule has 0 saturated carbocycles. The van der Waals surface area contributed by atoms with E-state index in [1.54, 1.807) is 13.3 Å². The fourth-order valence-electron chi connectivity index (χ4n) is 2.04. The predicted molar refractivity (Wildman–Crippen MR) is 79.1 cm³/mol. The SMILES string of the molecule is COc1ccc(CNCc2ccccc2CC(=O)O)cn1. The Kier molecular flexibility index (Phi) is 5.29. The van der Waals surface area contributed by atoms with Crippen molar-refractivity contribution < 1.29 is 14.6 Å². The highest BCUT2D eigenvalue weighted by atomic mass is 16.5. The van der Waals surface area contributed by atoms with Crippen LogP contribution >= 0.6 is 0 Å². The van der Waals surface area contributed by atoms with E-state index in [0.717, 1.165) is 16.7 Å². The van der Waals surface area contributed by atoms with E-state index in [0.29, 0.717) is 19.0 Å². The summed E-state index contributed by atoms with van der Waals surface area (Å²) in [4.78, 5) is 15.0. The van der Waals surface area contributed by atoms with E-state index in [4.69, 9.17) is 9.84 Å². The highest BCUT2D eigenvalue weighted by Crippen LogP contribution is 2.10. The Morgan fingerprint density at radius 2 is 1.95 bits per heavy atom. The summed E-state index contributed by atoms with van der Waals surface area (Å²) >= 11 is 0. The van der Waals surface area contributed by atoms with Crippen molar-refractivity contribution >= 4 is 5.97 Å². The van der Waals surface area contributed by atoms with Crippen molar-refractivity contribution in [2.75, 3.05) is 7.11 Å². The van der Waals surface area contributed by atoms with Gasteiger partial charge in [0.1, 0.15) is 0 Å². The topological polar surface area (TPSA) is 71.5 Å². The zero-order valence-electron chi connectivity index (χ0n) is 11.9. The van der Waals surface area contributed by atoms with E-state index in [-0.39, 0.29) is 6.42 Å². The summed E-state index contributed by atoms with van der Waals surface area (Å²) in [7, 11) is 1.58. The van der Waals surface area contributed by atoms with Crippen LogP contribution in [0.5, 0.6) is 5.88 Å². The van der Waals surface area contributed by atoms with Gasteiger partial charge in [-0.1, -0.05) is 30.3 Å². The maximum atomic E-state index is 10.8. The second kappa shape index (κ2) is 7.40. The van der Waals surface area contributed by atoms with Crippen LogP contribution in [0.25, 0.3) is 0 Å². The molecule has 0 aliphatic rings. The Morgan fingerprint density at radius 3 is 2.57 bits per heavy atom. The molecule has 110 valence electrons. The third-order valence-electron chi connectivity index (χ3n) is 3.11. The number of rotatable bonds is 7. The normalized spacial score (nSPS) is 10.3. The number of carbonyl (C=O) groups is 1. The Balaban J connectivity index is 1.92. The molecule has 2 aromatic rings. The largest absolute Gasteiger partial charge is 0.481 e. The van der Waals surface area contributed by atoms with Gasteiger partial charge in [-0.05, 0) is 16.7 Å². The average Bonchev–Trinajstić information content (AvgIpc) is 2.49. The molecule has 1 aromatic carbocycles. The lowest BCUT2D eigenvalue weighted by molar-refractivity contribution is -0.136. The van der Waals surface area contributed by atoms with E-state index in [9.17, 15) is 4.79 Å². The molecule has 0 aliphatic carbocycles. The number of carboxylic acids is 1. The first-order valence-electron chi connectivity index (χ1n) is 6.67. The number of hydrogen-bond donors (Lipinski definition) is 2. The third kappa shape index (κ3) is 4.57. The summed E-state index contributed by atoms with van der Waals surface area (Å²) in [5.74, 6) is -0.229. The number of nitrogens with zero attached hydrogens (tertiary/aromatic N) is 1.